The van der Waals surface area contributed by atoms with Gasteiger partial charge in [0.05, 0.1) is 6.54 Å². The van der Waals surface area contributed by atoms with E-state index in [1.807, 2.05) is 24.8 Å². The number of likely N-dealkylation sites (N-methyl/N-ethyl adjacent to an activating group) is 2. The Kier molecular flexibility index (Phi) is 6.68. The molecule has 0 aliphatic rings. The maximum absolute atomic E-state index is 12.0. The third-order valence-corrected chi connectivity index (χ3v) is 3.28. The average molecular weight is 292 g/mol. The van der Waals surface area contributed by atoms with E-state index in [-0.39, 0.29) is 11.8 Å². The molecule has 0 unspecified atom stereocenters. The number of carbonyl (C=O) groups is 2. The molecule has 1 rings (SSSR count). The molecule has 0 aliphatic carbocycles. The predicted octanol–water partition coefficient (Wildman–Crippen LogP) is 0.974. The highest BCUT2D eigenvalue weighted by Crippen LogP contribution is 2.18. The Morgan fingerprint density at radius 1 is 1.29 bits per heavy atom. The molecule has 0 saturated heterocycles. The summed E-state index contributed by atoms with van der Waals surface area (Å²) in [6, 6.07) is 5.41. The first kappa shape index (κ1) is 17.0. The standard InChI is InChI=1S/C15H24N4O2/c1-4-19(10-15(21)17-3)8-7-14(20)18-13-9-12(16)6-5-11(13)2/h5-6,9H,4,7-8,10,16H2,1-3H3,(H,17,21)(H,18,20). The van der Waals surface area contributed by atoms with E-state index in [2.05, 4.69) is 10.6 Å². The summed E-state index contributed by atoms with van der Waals surface area (Å²) in [7, 11) is 1.60. The minimum Gasteiger partial charge on any atom is -0.399 e. The number of hydrogen-bond acceptors (Lipinski definition) is 4. The first-order valence-corrected chi connectivity index (χ1v) is 7.05. The third-order valence-electron chi connectivity index (χ3n) is 3.28. The number of nitrogens with one attached hydrogen (secondary N) is 2. The van der Waals surface area contributed by atoms with Crippen LogP contribution in [0.15, 0.2) is 18.2 Å². The van der Waals surface area contributed by atoms with E-state index in [1.54, 1.807) is 19.2 Å². The number of benzene rings is 1. The van der Waals surface area contributed by atoms with Crippen molar-refractivity contribution >= 4 is 23.2 Å². The molecular formula is C15H24N4O2. The van der Waals surface area contributed by atoms with Crippen LogP contribution in [0, 0.1) is 6.92 Å². The van der Waals surface area contributed by atoms with Gasteiger partial charge in [-0.25, -0.2) is 0 Å². The van der Waals surface area contributed by atoms with Crippen molar-refractivity contribution in [1.29, 1.82) is 0 Å². The van der Waals surface area contributed by atoms with Crippen LogP contribution in [0.25, 0.3) is 0 Å². The van der Waals surface area contributed by atoms with Crippen molar-refractivity contribution in [3.05, 3.63) is 23.8 Å². The Morgan fingerprint density at radius 2 is 2.00 bits per heavy atom. The van der Waals surface area contributed by atoms with Crippen LogP contribution in [-0.4, -0.2) is 43.4 Å². The lowest BCUT2D eigenvalue weighted by atomic mass is 10.2. The van der Waals surface area contributed by atoms with Gasteiger partial charge in [-0.1, -0.05) is 13.0 Å². The van der Waals surface area contributed by atoms with Gasteiger partial charge >= 0.3 is 0 Å². The van der Waals surface area contributed by atoms with Gasteiger partial charge in [-0.15, -0.1) is 0 Å². The normalized spacial score (nSPS) is 10.5. The van der Waals surface area contributed by atoms with Crippen LogP contribution in [0.4, 0.5) is 11.4 Å². The minimum absolute atomic E-state index is 0.0519. The summed E-state index contributed by atoms with van der Waals surface area (Å²) in [4.78, 5) is 25.2. The van der Waals surface area contributed by atoms with Gasteiger partial charge in [-0.3, -0.25) is 14.5 Å². The second kappa shape index (κ2) is 8.26. The average Bonchev–Trinajstić information content (AvgIpc) is 2.46. The van der Waals surface area contributed by atoms with Gasteiger partial charge in [0.15, 0.2) is 0 Å². The fourth-order valence-electron chi connectivity index (χ4n) is 1.88. The highest BCUT2D eigenvalue weighted by Gasteiger charge is 2.11. The maximum atomic E-state index is 12.0. The van der Waals surface area contributed by atoms with Gasteiger partial charge in [0.1, 0.15) is 0 Å². The van der Waals surface area contributed by atoms with E-state index < -0.39 is 0 Å². The lowest BCUT2D eigenvalue weighted by Gasteiger charge is -2.19. The van der Waals surface area contributed by atoms with Crippen LogP contribution in [-0.2, 0) is 9.59 Å². The summed E-state index contributed by atoms with van der Waals surface area (Å²) in [5.41, 5.74) is 8.03. The van der Waals surface area contributed by atoms with Crippen molar-refractivity contribution < 1.29 is 9.59 Å². The second-order valence-corrected chi connectivity index (χ2v) is 4.91. The molecule has 0 saturated carbocycles. The van der Waals surface area contributed by atoms with Crippen molar-refractivity contribution in [2.45, 2.75) is 20.3 Å². The molecule has 4 N–H and O–H groups in total. The molecular weight excluding hydrogens is 268 g/mol. The molecule has 6 nitrogen and oxygen atoms in total. The summed E-state index contributed by atoms with van der Waals surface area (Å²) in [5, 5.41) is 5.43. The lowest BCUT2D eigenvalue weighted by molar-refractivity contribution is -0.122. The summed E-state index contributed by atoms with van der Waals surface area (Å²) < 4.78 is 0. The van der Waals surface area contributed by atoms with Gasteiger partial charge in [-0.2, -0.15) is 0 Å². The summed E-state index contributed by atoms with van der Waals surface area (Å²) >= 11 is 0. The SMILES string of the molecule is CCN(CCC(=O)Nc1cc(N)ccc1C)CC(=O)NC. The maximum Gasteiger partial charge on any atom is 0.233 e. The lowest BCUT2D eigenvalue weighted by Crippen LogP contribution is -2.37. The van der Waals surface area contributed by atoms with E-state index in [0.29, 0.717) is 25.2 Å². The predicted molar refractivity (Wildman–Crippen MR) is 85.0 cm³/mol. The topological polar surface area (TPSA) is 87.5 Å². The smallest absolute Gasteiger partial charge is 0.233 e. The highest BCUT2D eigenvalue weighted by molar-refractivity contribution is 5.92. The van der Waals surface area contributed by atoms with Crippen LogP contribution < -0.4 is 16.4 Å². The molecule has 116 valence electrons. The zero-order valence-electron chi connectivity index (χ0n) is 12.9. The Labute approximate surface area is 125 Å². The molecule has 1 aromatic carbocycles. The number of anilines is 2. The van der Waals surface area contributed by atoms with E-state index >= 15 is 0 Å². The van der Waals surface area contributed by atoms with Crippen molar-refractivity contribution in [3.8, 4) is 0 Å². The van der Waals surface area contributed by atoms with Gasteiger partial charge in [0.25, 0.3) is 0 Å². The second-order valence-electron chi connectivity index (χ2n) is 4.91. The van der Waals surface area contributed by atoms with Gasteiger partial charge in [0.2, 0.25) is 11.8 Å². The molecule has 1 aromatic rings. The van der Waals surface area contributed by atoms with E-state index in [4.69, 9.17) is 5.73 Å². The quantitative estimate of drug-likeness (QED) is 0.654. The van der Waals surface area contributed by atoms with Crippen molar-refractivity contribution in [3.63, 3.8) is 0 Å². The molecule has 0 fully saturated rings. The first-order valence-electron chi connectivity index (χ1n) is 7.05. The summed E-state index contributed by atoms with van der Waals surface area (Å²) in [6.45, 7) is 5.44. The number of nitrogens with zero attached hydrogens (tertiary/aromatic N) is 1. The van der Waals surface area contributed by atoms with E-state index in [9.17, 15) is 9.59 Å². The number of hydrogen-bond donors (Lipinski definition) is 3. The fraction of sp³-hybridized carbons (Fsp3) is 0.467. The highest BCUT2D eigenvalue weighted by atomic mass is 16.2. The van der Waals surface area contributed by atoms with Gasteiger partial charge in [0, 0.05) is 31.4 Å². The van der Waals surface area contributed by atoms with Crippen LogP contribution >= 0.6 is 0 Å². The number of rotatable bonds is 7. The van der Waals surface area contributed by atoms with Gasteiger partial charge < -0.3 is 16.4 Å². The molecule has 0 heterocycles. The number of nitrogens with two attached hydrogens (primary N) is 1. The fourth-order valence-corrected chi connectivity index (χ4v) is 1.88. The monoisotopic (exact) mass is 292 g/mol. The van der Waals surface area contributed by atoms with Crippen LogP contribution in [0.2, 0.25) is 0 Å². The van der Waals surface area contributed by atoms with Gasteiger partial charge in [-0.05, 0) is 31.2 Å². The Balaban J connectivity index is 2.49. The van der Waals surface area contributed by atoms with E-state index in [0.717, 1.165) is 17.8 Å². The van der Waals surface area contributed by atoms with E-state index in [1.165, 1.54) is 0 Å². The number of aryl methyl sites for hydroxylation is 1. The zero-order chi connectivity index (χ0) is 15.8. The largest absolute Gasteiger partial charge is 0.399 e. The minimum atomic E-state index is -0.0842. The summed E-state index contributed by atoms with van der Waals surface area (Å²) in [5.74, 6) is -0.136. The molecule has 0 atom stereocenters. The molecule has 21 heavy (non-hydrogen) atoms. The van der Waals surface area contributed by atoms with Crippen molar-refractivity contribution in [2.75, 3.05) is 37.7 Å². The summed E-state index contributed by atoms with van der Waals surface area (Å²) in [6.07, 6.45) is 0.332. The van der Waals surface area contributed by atoms with Crippen LogP contribution in [0.1, 0.15) is 18.9 Å². The molecule has 0 aromatic heterocycles. The Bertz CT molecular complexity index is 502. The van der Waals surface area contributed by atoms with Crippen molar-refractivity contribution in [1.82, 2.24) is 10.2 Å². The molecule has 0 spiro atoms. The molecule has 6 heteroatoms. The third kappa shape index (κ3) is 5.83. The van der Waals surface area contributed by atoms with Crippen LogP contribution in [0.5, 0.6) is 0 Å². The Hall–Kier alpha value is -2.08. The number of nitrogen functional groups attached to an aromatic ring is 1. The number of carbonyl (C=O) groups excluding carboxylic acids is 2. The Morgan fingerprint density at radius 3 is 2.62 bits per heavy atom. The molecule has 0 aliphatic heterocycles. The first-order chi connectivity index (χ1) is 9.96. The molecule has 0 radical (unpaired) electrons. The van der Waals surface area contributed by atoms with Crippen LogP contribution in [0.3, 0.4) is 0 Å². The molecule has 2 amide bonds. The number of amides is 2. The molecule has 0 bridgehead atoms. The zero-order valence-corrected chi connectivity index (χ0v) is 12.9. The van der Waals surface area contributed by atoms with Crippen molar-refractivity contribution in [2.24, 2.45) is 0 Å².